The predicted molar refractivity (Wildman–Crippen MR) is 123 cm³/mol. The third-order valence-electron chi connectivity index (χ3n) is 4.89. The van der Waals surface area contributed by atoms with Gasteiger partial charge in [0.1, 0.15) is 0 Å². The van der Waals surface area contributed by atoms with Crippen LogP contribution in [0.4, 0.5) is 0 Å². The van der Waals surface area contributed by atoms with Gasteiger partial charge in [0.15, 0.2) is 5.96 Å². The zero-order valence-electron chi connectivity index (χ0n) is 15.6. The Morgan fingerprint density at radius 3 is 3.00 bits per heavy atom. The van der Waals surface area contributed by atoms with Crippen LogP contribution in [0.25, 0.3) is 0 Å². The summed E-state index contributed by atoms with van der Waals surface area (Å²) in [5.41, 5.74) is 1.32. The van der Waals surface area contributed by atoms with E-state index in [1.165, 1.54) is 16.9 Å². The second kappa shape index (κ2) is 10.8. The number of hydrogen-bond donors (Lipinski definition) is 1. The van der Waals surface area contributed by atoms with E-state index in [2.05, 4.69) is 45.3 Å². The number of rotatable bonds is 4. The van der Waals surface area contributed by atoms with E-state index >= 15 is 0 Å². The molecule has 8 heteroatoms. The minimum absolute atomic E-state index is 0. The van der Waals surface area contributed by atoms with E-state index in [1.807, 2.05) is 23.3 Å². The quantitative estimate of drug-likeness (QED) is 0.386. The molecule has 0 saturated carbocycles. The van der Waals surface area contributed by atoms with Gasteiger partial charge in [-0.05, 0) is 29.9 Å². The van der Waals surface area contributed by atoms with E-state index in [9.17, 15) is 4.79 Å². The summed E-state index contributed by atoms with van der Waals surface area (Å²) in [7, 11) is 1.83. The second-order valence-electron chi connectivity index (χ2n) is 6.51. The number of fused-ring (bicyclic) bond motifs is 1. The molecule has 0 bridgehead atoms. The maximum atomic E-state index is 12.5. The highest BCUT2D eigenvalue weighted by atomic mass is 127. The lowest BCUT2D eigenvalue weighted by Crippen LogP contribution is -2.48. The van der Waals surface area contributed by atoms with Gasteiger partial charge in [0.05, 0.1) is 0 Å². The molecular weight excluding hydrogens is 479 g/mol. The molecule has 1 fully saturated rings. The molecule has 1 N–H and O–H groups in total. The lowest BCUT2D eigenvalue weighted by atomic mass is 10.1. The van der Waals surface area contributed by atoms with E-state index in [1.54, 1.807) is 0 Å². The van der Waals surface area contributed by atoms with Crippen molar-refractivity contribution in [3.05, 3.63) is 21.9 Å². The van der Waals surface area contributed by atoms with Gasteiger partial charge in [-0.15, -0.1) is 35.3 Å². The van der Waals surface area contributed by atoms with Crippen LogP contribution in [0.5, 0.6) is 0 Å². The third kappa shape index (κ3) is 5.51. The Kier molecular flexibility index (Phi) is 9.02. The maximum Gasteiger partial charge on any atom is 0.224 e. The van der Waals surface area contributed by atoms with Gasteiger partial charge in [0, 0.05) is 62.1 Å². The lowest BCUT2D eigenvalue weighted by Gasteiger charge is -2.34. The summed E-state index contributed by atoms with van der Waals surface area (Å²) in [4.78, 5) is 22.7. The zero-order valence-corrected chi connectivity index (χ0v) is 19.5. The summed E-state index contributed by atoms with van der Waals surface area (Å²) < 4.78 is 0. The Bertz CT molecular complexity index is 622. The first-order chi connectivity index (χ1) is 12.2. The summed E-state index contributed by atoms with van der Waals surface area (Å²) in [6.07, 6.45) is 2.71. The van der Waals surface area contributed by atoms with Gasteiger partial charge in [0.2, 0.25) is 5.91 Å². The Morgan fingerprint density at radius 2 is 2.23 bits per heavy atom. The molecule has 1 saturated heterocycles. The molecule has 0 radical (unpaired) electrons. The largest absolute Gasteiger partial charge is 0.356 e. The maximum absolute atomic E-state index is 12.5. The number of halogens is 1. The van der Waals surface area contributed by atoms with Crippen molar-refractivity contribution < 1.29 is 4.79 Å². The van der Waals surface area contributed by atoms with Crippen LogP contribution in [0.3, 0.4) is 0 Å². The average molecular weight is 508 g/mol. The molecule has 2 aliphatic heterocycles. The van der Waals surface area contributed by atoms with Gasteiger partial charge in [-0.3, -0.25) is 9.79 Å². The van der Waals surface area contributed by atoms with Gasteiger partial charge in [-0.1, -0.05) is 6.92 Å². The van der Waals surface area contributed by atoms with E-state index in [0.29, 0.717) is 18.2 Å². The van der Waals surface area contributed by atoms with E-state index in [4.69, 9.17) is 0 Å². The highest BCUT2D eigenvalue weighted by Gasteiger charge is 2.23. The first-order valence-electron chi connectivity index (χ1n) is 9.11. The number of hydrogen-bond acceptors (Lipinski definition) is 4. The number of nitrogens with zero attached hydrogens (tertiary/aromatic N) is 3. The molecule has 1 unspecified atom stereocenters. The van der Waals surface area contributed by atoms with Gasteiger partial charge in [-0.25, -0.2) is 0 Å². The van der Waals surface area contributed by atoms with Crippen LogP contribution in [-0.2, 0) is 17.8 Å². The molecule has 0 spiro atoms. The molecule has 0 aliphatic carbocycles. The molecule has 3 rings (SSSR count). The highest BCUT2D eigenvalue weighted by molar-refractivity contribution is 14.0. The Labute approximate surface area is 182 Å². The molecule has 26 heavy (non-hydrogen) atoms. The molecule has 1 aromatic rings. The van der Waals surface area contributed by atoms with Crippen molar-refractivity contribution in [1.29, 1.82) is 0 Å². The molecule has 1 atom stereocenters. The molecule has 146 valence electrons. The topological polar surface area (TPSA) is 47.9 Å². The van der Waals surface area contributed by atoms with Crippen molar-refractivity contribution in [2.45, 2.75) is 38.0 Å². The van der Waals surface area contributed by atoms with E-state index in [-0.39, 0.29) is 29.9 Å². The van der Waals surface area contributed by atoms with Crippen molar-refractivity contribution in [3.63, 3.8) is 0 Å². The minimum atomic E-state index is 0. The Hall–Kier alpha value is -0.480. The second-order valence-corrected chi connectivity index (χ2v) is 8.91. The fourth-order valence-corrected chi connectivity index (χ4v) is 5.46. The third-order valence-corrected chi connectivity index (χ3v) is 7.28. The fourth-order valence-electron chi connectivity index (χ4n) is 3.39. The number of thioether (sulfide) groups is 1. The van der Waals surface area contributed by atoms with Crippen molar-refractivity contribution in [2.75, 3.05) is 39.0 Å². The molecule has 1 aromatic heterocycles. The summed E-state index contributed by atoms with van der Waals surface area (Å²) in [5, 5.41) is 6.20. The number of nitrogens with one attached hydrogen (secondary N) is 1. The zero-order chi connectivity index (χ0) is 17.6. The highest BCUT2D eigenvalue weighted by Crippen LogP contribution is 2.24. The van der Waals surface area contributed by atoms with Crippen LogP contribution < -0.4 is 5.32 Å². The van der Waals surface area contributed by atoms with Crippen molar-refractivity contribution in [2.24, 2.45) is 4.99 Å². The Morgan fingerprint density at radius 1 is 1.38 bits per heavy atom. The summed E-state index contributed by atoms with van der Waals surface area (Å²) in [6.45, 7) is 6.59. The minimum Gasteiger partial charge on any atom is -0.356 e. The van der Waals surface area contributed by atoms with E-state index in [0.717, 1.165) is 44.3 Å². The first kappa shape index (κ1) is 21.8. The summed E-state index contributed by atoms with van der Waals surface area (Å²) >= 11 is 3.86. The van der Waals surface area contributed by atoms with Gasteiger partial charge >= 0.3 is 0 Å². The van der Waals surface area contributed by atoms with Crippen LogP contribution >= 0.6 is 47.1 Å². The molecule has 1 amide bonds. The van der Waals surface area contributed by atoms with Crippen LogP contribution in [0, 0.1) is 0 Å². The van der Waals surface area contributed by atoms with Gasteiger partial charge in [-0.2, -0.15) is 11.8 Å². The van der Waals surface area contributed by atoms with Crippen molar-refractivity contribution >= 4 is 58.9 Å². The number of thiophene rings is 1. The molecule has 2 aliphatic rings. The molecule has 3 heterocycles. The van der Waals surface area contributed by atoms with E-state index < -0.39 is 0 Å². The number of carbonyl (C=O) groups is 1. The molecule has 0 aromatic carbocycles. The van der Waals surface area contributed by atoms with Crippen LogP contribution in [0.2, 0.25) is 0 Å². The van der Waals surface area contributed by atoms with Gasteiger partial charge in [0.25, 0.3) is 0 Å². The fraction of sp³-hybridized carbons (Fsp3) is 0.667. The smallest absolute Gasteiger partial charge is 0.224 e. The summed E-state index contributed by atoms with van der Waals surface area (Å²) in [5.74, 6) is 2.32. The molecular formula is C18H29IN4OS2. The number of guanidine groups is 1. The first-order valence-corrected chi connectivity index (χ1v) is 11.0. The lowest BCUT2D eigenvalue weighted by molar-refractivity contribution is -0.131. The Balaban J connectivity index is 0.00000243. The van der Waals surface area contributed by atoms with Crippen LogP contribution in [0.15, 0.2) is 16.4 Å². The van der Waals surface area contributed by atoms with Gasteiger partial charge < -0.3 is 15.1 Å². The number of aliphatic imine (C=N–C) groups is 1. The molecule has 5 nitrogen and oxygen atoms in total. The SMILES string of the molecule is CCC1CN(C(=NC)NCCC(=O)N2CCc3sccc3C2)CCS1.I. The predicted octanol–water partition coefficient (Wildman–Crippen LogP) is 3.04. The number of amides is 1. The summed E-state index contributed by atoms with van der Waals surface area (Å²) in [6, 6.07) is 2.15. The van der Waals surface area contributed by atoms with Crippen LogP contribution in [-0.4, -0.2) is 65.9 Å². The van der Waals surface area contributed by atoms with Crippen molar-refractivity contribution in [3.8, 4) is 0 Å². The van der Waals surface area contributed by atoms with Crippen molar-refractivity contribution in [1.82, 2.24) is 15.1 Å². The standard InChI is InChI=1S/C18H28N4OS2.HI/c1-3-15-13-22(9-11-24-15)18(19-2)20-7-4-17(23)21-8-5-16-14(12-21)6-10-25-16;/h6,10,15H,3-5,7-9,11-13H2,1-2H3,(H,19,20);1H. The van der Waals surface area contributed by atoms with Crippen LogP contribution in [0.1, 0.15) is 30.2 Å². The average Bonchev–Trinajstić information content (AvgIpc) is 3.13. The number of carbonyl (C=O) groups excluding carboxylic acids is 1. The monoisotopic (exact) mass is 508 g/mol. The normalized spacial score (nSPS) is 20.4.